The van der Waals surface area contributed by atoms with Crippen LogP contribution in [0.25, 0.3) is 0 Å². The van der Waals surface area contributed by atoms with Gasteiger partial charge in [-0.05, 0) is 31.9 Å². The molecule has 0 radical (unpaired) electrons. The van der Waals surface area contributed by atoms with Crippen LogP contribution < -0.4 is 0 Å². The van der Waals surface area contributed by atoms with Gasteiger partial charge in [0.25, 0.3) is 0 Å². The molecule has 15 heavy (non-hydrogen) atoms. The van der Waals surface area contributed by atoms with Crippen molar-refractivity contribution in [3.05, 3.63) is 47.2 Å². The molecule has 0 bridgehead atoms. The lowest BCUT2D eigenvalue weighted by atomic mass is 10.00. The summed E-state index contributed by atoms with van der Waals surface area (Å²) in [6, 6.07) is 10.8. The highest BCUT2D eigenvalue weighted by Crippen LogP contribution is 2.36. The zero-order chi connectivity index (χ0) is 10.8. The number of rotatable bonds is 2. The highest BCUT2D eigenvalue weighted by atomic mass is 16.7. The Hall–Kier alpha value is -1.28. The molecule has 0 aromatic heterocycles. The summed E-state index contributed by atoms with van der Waals surface area (Å²) < 4.78 is 0. The van der Waals surface area contributed by atoms with Gasteiger partial charge in [0, 0.05) is 6.54 Å². The van der Waals surface area contributed by atoms with E-state index < -0.39 is 0 Å². The van der Waals surface area contributed by atoms with Gasteiger partial charge < -0.3 is 4.84 Å². The molecule has 0 aliphatic carbocycles. The minimum Gasteiger partial charge on any atom is -0.410 e. The fourth-order valence-corrected chi connectivity index (χ4v) is 2.01. The van der Waals surface area contributed by atoms with E-state index in [2.05, 4.69) is 38.1 Å². The Balaban J connectivity index is 2.35. The normalized spacial score (nSPS) is 21.9. The number of hydrogen-bond acceptors (Lipinski definition) is 2. The van der Waals surface area contributed by atoms with Crippen molar-refractivity contribution in [2.45, 2.75) is 26.8 Å². The first-order chi connectivity index (χ1) is 7.24. The van der Waals surface area contributed by atoms with Crippen molar-refractivity contribution < 1.29 is 4.84 Å². The minimum absolute atomic E-state index is 0.288. The second kappa shape index (κ2) is 4.07. The largest absolute Gasteiger partial charge is 0.410 e. The Bertz CT molecular complexity index is 369. The zero-order valence-corrected chi connectivity index (χ0v) is 9.53. The summed E-state index contributed by atoms with van der Waals surface area (Å²) in [5, 5.41) is 2.03. The topological polar surface area (TPSA) is 12.5 Å². The van der Waals surface area contributed by atoms with Crippen LogP contribution in [0, 0.1) is 0 Å². The fraction of sp³-hybridized carbons (Fsp3) is 0.385. The first-order valence-corrected chi connectivity index (χ1v) is 5.41. The second-order valence-corrected chi connectivity index (χ2v) is 3.88. The summed E-state index contributed by atoms with van der Waals surface area (Å²) >= 11 is 0. The lowest BCUT2D eigenvalue weighted by Crippen LogP contribution is -2.23. The summed E-state index contributed by atoms with van der Waals surface area (Å²) in [6.45, 7) is 7.18. The monoisotopic (exact) mass is 203 g/mol. The molecule has 80 valence electrons. The first-order valence-electron chi connectivity index (χ1n) is 5.41. The second-order valence-electron chi connectivity index (χ2n) is 3.88. The van der Waals surface area contributed by atoms with Crippen LogP contribution in [0.1, 0.15) is 32.4 Å². The molecule has 0 saturated heterocycles. The molecule has 0 amide bonds. The summed E-state index contributed by atoms with van der Waals surface area (Å²) in [5.41, 5.74) is 2.61. The minimum atomic E-state index is 0.288. The van der Waals surface area contributed by atoms with Crippen molar-refractivity contribution >= 4 is 0 Å². The van der Waals surface area contributed by atoms with Gasteiger partial charge in [-0.2, -0.15) is 0 Å². The average molecular weight is 203 g/mol. The Morgan fingerprint density at radius 1 is 1.20 bits per heavy atom. The standard InChI is InChI=1S/C13H17NO/c1-4-14-13(10(2)11(3)15-14)12-8-6-5-7-9-12/h5-9,13H,4H2,1-3H3. The molecule has 1 atom stereocenters. The molecule has 0 N–H and O–H groups in total. The molecular formula is C13H17NO. The molecule has 2 rings (SSSR count). The van der Waals surface area contributed by atoms with Gasteiger partial charge in [-0.1, -0.05) is 30.3 Å². The van der Waals surface area contributed by atoms with E-state index >= 15 is 0 Å². The zero-order valence-electron chi connectivity index (χ0n) is 9.53. The van der Waals surface area contributed by atoms with Gasteiger partial charge in [0.1, 0.15) is 5.76 Å². The Kier molecular flexibility index (Phi) is 2.78. The van der Waals surface area contributed by atoms with Gasteiger partial charge in [0.15, 0.2) is 0 Å². The molecule has 1 aromatic rings. The van der Waals surface area contributed by atoms with Crippen LogP contribution in [0.15, 0.2) is 41.7 Å². The molecule has 0 saturated carbocycles. The van der Waals surface area contributed by atoms with Crippen LogP contribution in [0.2, 0.25) is 0 Å². The van der Waals surface area contributed by atoms with Crippen LogP contribution in [-0.4, -0.2) is 11.6 Å². The third kappa shape index (κ3) is 1.77. The molecule has 1 aliphatic heterocycles. The average Bonchev–Trinajstić information content (AvgIpc) is 2.56. The molecule has 2 heteroatoms. The van der Waals surface area contributed by atoms with Gasteiger partial charge in [-0.3, -0.25) is 0 Å². The molecular weight excluding hydrogens is 186 g/mol. The van der Waals surface area contributed by atoms with E-state index in [1.807, 2.05) is 18.1 Å². The summed E-state index contributed by atoms with van der Waals surface area (Å²) in [6.07, 6.45) is 0. The molecule has 0 spiro atoms. The number of likely N-dealkylation sites (N-methyl/N-ethyl adjacent to an activating group) is 1. The van der Waals surface area contributed by atoms with E-state index in [4.69, 9.17) is 4.84 Å². The summed E-state index contributed by atoms with van der Waals surface area (Å²) in [7, 11) is 0. The summed E-state index contributed by atoms with van der Waals surface area (Å²) in [5.74, 6) is 1.03. The van der Waals surface area contributed by atoms with Crippen LogP contribution in [0.4, 0.5) is 0 Å². The van der Waals surface area contributed by atoms with Gasteiger partial charge in [0.2, 0.25) is 0 Å². The van der Waals surface area contributed by atoms with E-state index in [1.54, 1.807) is 0 Å². The van der Waals surface area contributed by atoms with Crippen molar-refractivity contribution in [1.82, 2.24) is 5.06 Å². The highest BCUT2D eigenvalue weighted by Gasteiger charge is 2.30. The summed E-state index contributed by atoms with van der Waals surface area (Å²) in [4.78, 5) is 5.70. The van der Waals surface area contributed by atoms with Crippen LogP contribution in [-0.2, 0) is 4.84 Å². The lowest BCUT2D eigenvalue weighted by Gasteiger charge is -2.22. The number of nitrogens with zero attached hydrogens (tertiary/aromatic N) is 1. The number of benzene rings is 1. The number of hydrogen-bond donors (Lipinski definition) is 0. The first kappa shape index (κ1) is 10.2. The highest BCUT2D eigenvalue weighted by molar-refractivity contribution is 5.30. The Labute approximate surface area is 91.1 Å². The van der Waals surface area contributed by atoms with Crippen LogP contribution in [0.3, 0.4) is 0 Å². The van der Waals surface area contributed by atoms with Gasteiger partial charge in [-0.15, -0.1) is 5.06 Å². The van der Waals surface area contributed by atoms with Gasteiger partial charge in [0.05, 0.1) is 6.04 Å². The maximum absolute atomic E-state index is 5.70. The van der Waals surface area contributed by atoms with E-state index in [9.17, 15) is 0 Å². The molecule has 1 aromatic carbocycles. The molecule has 1 heterocycles. The number of allylic oxidation sites excluding steroid dienone is 1. The Morgan fingerprint density at radius 3 is 2.47 bits per heavy atom. The predicted molar refractivity (Wildman–Crippen MR) is 61.0 cm³/mol. The van der Waals surface area contributed by atoms with E-state index in [1.165, 1.54) is 11.1 Å². The van der Waals surface area contributed by atoms with Crippen molar-refractivity contribution in [3.8, 4) is 0 Å². The molecule has 2 nitrogen and oxygen atoms in total. The quantitative estimate of drug-likeness (QED) is 0.731. The van der Waals surface area contributed by atoms with Crippen molar-refractivity contribution in [1.29, 1.82) is 0 Å². The van der Waals surface area contributed by atoms with Crippen LogP contribution in [0.5, 0.6) is 0 Å². The maximum atomic E-state index is 5.70. The molecule has 1 aliphatic rings. The third-order valence-electron chi connectivity index (χ3n) is 2.93. The van der Waals surface area contributed by atoms with E-state index in [-0.39, 0.29) is 6.04 Å². The van der Waals surface area contributed by atoms with E-state index in [0.29, 0.717) is 0 Å². The SMILES string of the molecule is CCN1OC(C)=C(C)C1c1ccccc1. The molecule has 0 fully saturated rings. The smallest absolute Gasteiger partial charge is 0.122 e. The van der Waals surface area contributed by atoms with Crippen molar-refractivity contribution in [2.24, 2.45) is 0 Å². The van der Waals surface area contributed by atoms with Gasteiger partial charge in [-0.25, -0.2) is 0 Å². The Morgan fingerprint density at radius 2 is 1.87 bits per heavy atom. The van der Waals surface area contributed by atoms with Crippen molar-refractivity contribution in [2.75, 3.05) is 6.54 Å². The predicted octanol–water partition coefficient (Wildman–Crippen LogP) is 3.29. The van der Waals surface area contributed by atoms with E-state index in [0.717, 1.165) is 12.3 Å². The number of hydroxylamine groups is 2. The van der Waals surface area contributed by atoms with Crippen molar-refractivity contribution in [3.63, 3.8) is 0 Å². The molecule has 1 unspecified atom stereocenters. The van der Waals surface area contributed by atoms with Crippen LogP contribution >= 0.6 is 0 Å². The lowest BCUT2D eigenvalue weighted by molar-refractivity contribution is -0.114. The maximum Gasteiger partial charge on any atom is 0.122 e. The third-order valence-corrected chi connectivity index (χ3v) is 2.93. The van der Waals surface area contributed by atoms with Gasteiger partial charge >= 0.3 is 0 Å². The fourth-order valence-electron chi connectivity index (χ4n) is 2.01.